The Balaban J connectivity index is 1.93. The van der Waals surface area contributed by atoms with E-state index in [1.807, 2.05) is 24.3 Å². The van der Waals surface area contributed by atoms with Crippen molar-refractivity contribution in [2.45, 2.75) is 31.1 Å². The molecular formula is C19H19BrN2O4. The number of nitrogens with one attached hydrogen (secondary N) is 2. The van der Waals surface area contributed by atoms with Crippen LogP contribution >= 0.6 is 15.9 Å². The summed E-state index contributed by atoms with van der Waals surface area (Å²) >= 11 is 3.41. The molecule has 7 heteroatoms. The first-order valence-electron chi connectivity index (χ1n) is 8.35. The van der Waals surface area contributed by atoms with Crippen molar-refractivity contribution in [1.82, 2.24) is 4.98 Å². The largest absolute Gasteiger partial charge is 0.465 e. The number of anilines is 1. The van der Waals surface area contributed by atoms with Crippen LogP contribution in [0.2, 0.25) is 0 Å². The van der Waals surface area contributed by atoms with Crippen molar-refractivity contribution in [2.75, 3.05) is 12.4 Å². The number of aromatic amines is 1. The van der Waals surface area contributed by atoms with Crippen molar-refractivity contribution in [3.8, 4) is 0 Å². The molecule has 0 spiro atoms. The van der Waals surface area contributed by atoms with Gasteiger partial charge in [0.05, 0.1) is 18.1 Å². The molecule has 1 aliphatic rings. The number of carbonyl (C=O) groups excluding carboxylic acids is 2. The highest BCUT2D eigenvalue weighted by molar-refractivity contribution is 9.10. The van der Waals surface area contributed by atoms with Gasteiger partial charge in [-0.15, -0.1) is 0 Å². The number of pyridine rings is 1. The maximum absolute atomic E-state index is 13.1. The second-order valence-corrected chi connectivity index (χ2v) is 7.29. The molecule has 1 heterocycles. The van der Waals surface area contributed by atoms with Gasteiger partial charge in [-0.2, -0.15) is 0 Å². The molecule has 1 fully saturated rings. The van der Waals surface area contributed by atoms with Crippen LogP contribution in [0, 0.1) is 0 Å². The van der Waals surface area contributed by atoms with Crippen molar-refractivity contribution in [3.63, 3.8) is 0 Å². The number of carbonyl (C=O) groups is 2. The Morgan fingerprint density at radius 1 is 1.19 bits per heavy atom. The van der Waals surface area contributed by atoms with E-state index in [1.165, 1.54) is 19.4 Å². The Labute approximate surface area is 159 Å². The fourth-order valence-corrected chi connectivity index (χ4v) is 3.71. The Hall–Kier alpha value is -2.41. The molecule has 6 nitrogen and oxygen atoms in total. The highest BCUT2D eigenvalue weighted by Crippen LogP contribution is 2.42. The van der Waals surface area contributed by atoms with Crippen molar-refractivity contribution < 1.29 is 14.3 Å². The summed E-state index contributed by atoms with van der Waals surface area (Å²) in [6.45, 7) is 0. The van der Waals surface area contributed by atoms with Gasteiger partial charge in [-0.25, -0.2) is 4.79 Å². The van der Waals surface area contributed by atoms with Crippen molar-refractivity contribution >= 4 is 33.5 Å². The number of halogens is 1. The maximum atomic E-state index is 13.1. The summed E-state index contributed by atoms with van der Waals surface area (Å²) in [6, 6.07) is 9.03. The lowest BCUT2D eigenvalue weighted by Crippen LogP contribution is -2.39. The number of methoxy groups -OCH3 is 1. The summed E-state index contributed by atoms with van der Waals surface area (Å²) in [4.78, 5) is 39.4. The van der Waals surface area contributed by atoms with Gasteiger partial charge < -0.3 is 15.0 Å². The van der Waals surface area contributed by atoms with E-state index >= 15 is 0 Å². The van der Waals surface area contributed by atoms with E-state index in [4.69, 9.17) is 0 Å². The quantitative estimate of drug-likeness (QED) is 0.744. The van der Waals surface area contributed by atoms with Crippen LogP contribution in [0.3, 0.4) is 0 Å². The number of hydrogen-bond donors (Lipinski definition) is 2. The van der Waals surface area contributed by atoms with E-state index in [9.17, 15) is 14.4 Å². The SMILES string of the molecule is COC(=O)c1c[nH]c(=O)c(NC(=O)C2(c3ccc(Br)cc3)CCCC2)c1. The van der Waals surface area contributed by atoms with Crippen LogP contribution in [0.15, 0.2) is 45.8 Å². The van der Waals surface area contributed by atoms with Gasteiger partial charge in [0.1, 0.15) is 5.69 Å². The molecule has 1 saturated carbocycles. The van der Waals surface area contributed by atoms with Gasteiger partial charge >= 0.3 is 5.97 Å². The molecule has 26 heavy (non-hydrogen) atoms. The summed E-state index contributed by atoms with van der Waals surface area (Å²) in [7, 11) is 1.26. The Bertz CT molecular complexity index is 883. The average Bonchev–Trinajstić information content (AvgIpc) is 3.14. The first-order chi connectivity index (χ1) is 12.5. The molecule has 136 valence electrons. The number of ether oxygens (including phenoxy) is 1. The smallest absolute Gasteiger partial charge is 0.339 e. The molecule has 0 atom stereocenters. The lowest BCUT2D eigenvalue weighted by molar-refractivity contribution is -0.121. The molecule has 1 amide bonds. The second-order valence-electron chi connectivity index (χ2n) is 6.37. The van der Waals surface area contributed by atoms with Crippen LogP contribution in [0.25, 0.3) is 0 Å². The molecule has 0 aliphatic heterocycles. The van der Waals surface area contributed by atoms with Crippen LogP contribution in [0.1, 0.15) is 41.6 Å². The van der Waals surface area contributed by atoms with E-state index in [2.05, 4.69) is 31.0 Å². The number of esters is 1. The van der Waals surface area contributed by atoms with Gasteiger partial charge in [-0.05, 0) is 36.6 Å². The topological polar surface area (TPSA) is 88.3 Å². The zero-order valence-corrected chi connectivity index (χ0v) is 15.9. The molecule has 1 aliphatic carbocycles. The maximum Gasteiger partial charge on any atom is 0.339 e. The highest BCUT2D eigenvalue weighted by atomic mass is 79.9. The molecular weight excluding hydrogens is 400 g/mol. The number of benzene rings is 1. The minimum absolute atomic E-state index is 0.0429. The fraction of sp³-hybridized carbons (Fsp3) is 0.316. The van der Waals surface area contributed by atoms with E-state index in [1.54, 1.807) is 0 Å². The summed E-state index contributed by atoms with van der Waals surface area (Å²) in [5.74, 6) is -0.815. The van der Waals surface area contributed by atoms with Gasteiger partial charge in [0, 0.05) is 10.7 Å². The van der Waals surface area contributed by atoms with Crippen LogP contribution in [0.4, 0.5) is 5.69 Å². The lowest BCUT2D eigenvalue weighted by Gasteiger charge is -2.28. The minimum atomic E-state index is -0.672. The van der Waals surface area contributed by atoms with E-state index in [0.717, 1.165) is 35.7 Å². The predicted molar refractivity (Wildman–Crippen MR) is 101 cm³/mol. The monoisotopic (exact) mass is 418 g/mol. The molecule has 2 aromatic rings. The van der Waals surface area contributed by atoms with Crippen LogP contribution in [-0.4, -0.2) is 24.0 Å². The molecule has 1 aromatic heterocycles. The van der Waals surface area contributed by atoms with Gasteiger partial charge in [0.25, 0.3) is 5.56 Å². The Morgan fingerprint density at radius 3 is 2.46 bits per heavy atom. The van der Waals surface area contributed by atoms with Gasteiger partial charge in [0.2, 0.25) is 5.91 Å². The van der Waals surface area contributed by atoms with Gasteiger partial charge in [0.15, 0.2) is 0 Å². The molecule has 2 N–H and O–H groups in total. The number of amides is 1. The van der Waals surface area contributed by atoms with Crippen molar-refractivity contribution in [3.05, 3.63) is 62.5 Å². The molecule has 0 unspecified atom stereocenters. The standard InChI is InChI=1S/C19H19BrN2O4/c1-26-17(24)12-10-15(16(23)21-11-12)22-18(25)19(8-2-3-9-19)13-4-6-14(20)7-5-13/h4-7,10-11H,2-3,8-9H2,1H3,(H,21,23)(H,22,25). The van der Waals surface area contributed by atoms with Crippen LogP contribution in [-0.2, 0) is 14.9 Å². The molecule has 0 radical (unpaired) electrons. The third-order valence-electron chi connectivity index (χ3n) is 4.86. The second kappa shape index (κ2) is 7.45. The lowest BCUT2D eigenvalue weighted by atomic mass is 9.78. The Kier molecular flexibility index (Phi) is 5.27. The third kappa shape index (κ3) is 3.44. The van der Waals surface area contributed by atoms with Crippen molar-refractivity contribution in [1.29, 1.82) is 0 Å². The average molecular weight is 419 g/mol. The minimum Gasteiger partial charge on any atom is -0.465 e. The Morgan fingerprint density at radius 2 is 1.85 bits per heavy atom. The molecule has 1 aromatic carbocycles. The number of aromatic nitrogens is 1. The third-order valence-corrected chi connectivity index (χ3v) is 5.39. The molecule has 3 rings (SSSR count). The fourth-order valence-electron chi connectivity index (χ4n) is 3.45. The number of hydrogen-bond acceptors (Lipinski definition) is 4. The van der Waals surface area contributed by atoms with Crippen LogP contribution in [0.5, 0.6) is 0 Å². The zero-order valence-electron chi connectivity index (χ0n) is 14.3. The first kappa shape index (κ1) is 18.4. The van der Waals surface area contributed by atoms with Gasteiger partial charge in [-0.1, -0.05) is 40.9 Å². The predicted octanol–water partition coefficient (Wildman–Crippen LogP) is 3.37. The summed E-state index contributed by atoms with van der Waals surface area (Å²) in [5.41, 5.74) is 0.00742. The summed E-state index contributed by atoms with van der Waals surface area (Å²) < 4.78 is 5.60. The normalized spacial score (nSPS) is 15.5. The van der Waals surface area contributed by atoms with E-state index < -0.39 is 16.9 Å². The molecule has 0 bridgehead atoms. The molecule has 0 saturated heterocycles. The number of rotatable bonds is 4. The van der Waals surface area contributed by atoms with Crippen LogP contribution < -0.4 is 10.9 Å². The van der Waals surface area contributed by atoms with E-state index in [-0.39, 0.29) is 17.2 Å². The number of H-pyrrole nitrogens is 1. The van der Waals surface area contributed by atoms with Gasteiger partial charge in [-0.3, -0.25) is 9.59 Å². The first-order valence-corrected chi connectivity index (χ1v) is 9.14. The summed E-state index contributed by atoms with van der Waals surface area (Å²) in [5, 5.41) is 2.72. The highest BCUT2D eigenvalue weighted by Gasteiger charge is 2.42. The van der Waals surface area contributed by atoms with E-state index in [0.29, 0.717) is 0 Å². The zero-order chi connectivity index (χ0) is 18.7. The van der Waals surface area contributed by atoms with Crippen molar-refractivity contribution in [2.24, 2.45) is 0 Å². The summed E-state index contributed by atoms with van der Waals surface area (Å²) in [6.07, 6.45) is 4.60.